The van der Waals surface area contributed by atoms with Crippen LogP contribution in [0.3, 0.4) is 0 Å². The average molecular weight is 387 g/mol. The van der Waals surface area contributed by atoms with Crippen LogP contribution in [0.5, 0.6) is 0 Å². The van der Waals surface area contributed by atoms with Gasteiger partial charge in [0.2, 0.25) is 5.91 Å². The van der Waals surface area contributed by atoms with Crippen LogP contribution in [0.2, 0.25) is 0 Å². The molecule has 8 nitrogen and oxygen atoms in total. The Kier molecular flexibility index (Phi) is 8.89. The summed E-state index contributed by atoms with van der Waals surface area (Å²) in [5, 5.41) is 21.2. The van der Waals surface area contributed by atoms with Crippen LogP contribution < -0.4 is 5.32 Å². The maximum atomic E-state index is 12.0. The number of aryl methyl sites for hydroxylation is 1. The molecule has 1 aromatic rings. The van der Waals surface area contributed by atoms with Gasteiger partial charge in [-0.2, -0.15) is 8.42 Å². The minimum absolute atomic E-state index is 0.0794. The summed E-state index contributed by atoms with van der Waals surface area (Å²) in [6.45, 7) is 3.99. The van der Waals surface area contributed by atoms with Gasteiger partial charge < -0.3 is 20.3 Å². The Hall–Kier alpha value is -1.78. The fourth-order valence-corrected chi connectivity index (χ4v) is 2.88. The van der Waals surface area contributed by atoms with Gasteiger partial charge in [0.25, 0.3) is 10.1 Å². The third kappa shape index (κ3) is 6.85. The Morgan fingerprint density at radius 1 is 1.23 bits per heavy atom. The minimum atomic E-state index is -3.82. The quantitative estimate of drug-likeness (QED) is 0.265. The lowest BCUT2D eigenvalue weighted by Gasteiger charge is -2.30. The first-order chi connectivity index (χ1) is 12.3. The van der Waals surface area contributed by atoms with Crippen molar-refractivity contribution in [3.05, 3.63) is 42.5 Å². The molecule has 9 heteroatoms. The summed E-state index contributed by atoms with van der Waals surface area (Å²) in [4.78, 5) is 11.4. The van der Waals surface area contributed by atoms with E-state index < -0.39 is 34.8 Å². The Balaban J connectivity index is 2.40. The Labute approximate surface area is 153 Å². The van der Waals surface area contributed by atoms with Crippen molar-refractivity contribution < 1.29 is 32.3 Å². The molecule has 0 bridgehead atoms. The summed E-state index contributed by atoms with van der Waals surface area (Å²) in [6, 6.07) is 6.31. The predicted octanol–water partition coefficient (Wildman–Crippen LogP) is 0.133. The number of ether oxygens (including phenoxy) is 1. The number of rotatable bonds is 12. The van der Waals surface area contributed by atoms with Gasteiger partial charge in [0.1, 0.15) is 5.54 Å². The Morgan fingerprint density at radius 2 is 1.85 bits per heavy atom. The second kappa shape index (κ2) is 10.4. The number of hydrogen-bond acceptors (Lipinski definition) is 7. The first-order valence-corrected chi connectivity index (χ1v) is 9.39. The molecule has 0 saturated carbocycles. The van der Waals surface area contributed by atoms with Gasteiger partial charge >= 0.3 is 0 Å². The first-order valence-electron chi connectivity index (χ1n) is 7.99. The summed E-state index contributed by atoms with van der Waals surface area (Å²) < 4.78 is 34.2. The SMILES string of the molecule is C=CC(=O)NC(CO)(CO)COCCCOS(=O)(=O)c1ccc(C)cc1. The summed E-state index contributed by atoms with van der Waals surface area (Å²) >= 11 is 0. The third-order valence-electron chi connectivity index (χ3n) is 3.54. The van der Waals surface area contributed by atoms with Crippen LogP contribution in [0.15, 0.2) is 41.8 Å². The van der Waals surface area contributed by atoms with Gasteiger partial charge in [0.05, 0.1) is 31.3 Å². The largest absolute Gasteiger partial charge is 0.394 e. The van der Waals surface area contributed by atoms with Crippen LogP contribution in [0.25, 0.3) is 0 Å². The molecule has 0 aromatic heterocycles. The molecule has 0 heterocycles. The fraction of sp³-hybridized carbons (Fsp3) is 0.471. The van der Waals surface area contributed by atoms with Crippen LogP contribution >= 0.6 is 0 Å². The molecule has 1 aromatic carbocycles. The van der Waals surface area contributed by atoms with E-state index in [0.29, 0.717) is 0 Å². The molecule has 0 saturated heterocycles. The topological polar surface area (TPSA) is 122 Å². The molecule has 0 fully saturated rings. The van der Waals surface area contributed by atoms with Gasteiger partial charge in [-0.15, -0.1) is 0 Å². The Morgan fingerprint density at radius 3 is 2.38 bits per heavy atom. The van der Waals surface area contributed by atoms with E-state index in [0.717, 1.165) is 11.6 Å². The second-order valence-electron chi connectivity index (χ2n) is 5.79. The highest BCUT2D eigenvalue weighted by Gasteiger charge is 2.30. The lowest BCUT2D eigenvalue weighted by Crippen LogP contribution is -2.57. The van der Waals surface area contributed by atoms with Crippen molar-refractivity contribution in [2.24, 2.45) is 0 Å². The molecule has 0 aliphatic heterocycles. The molecule has 1 amide bonds. The van der Waals surface area contributed by atoms with Crippen LogP contribution in [-0.4, -0.2) is 63.1 Å². The number of aliphatic hydroxyl groups excluding tert-OH is 2. The number of benzene rings is 1. The van der Waals surface area contributed by atoms with Crippen molar-refractivity contribution in [2.75, 3.05) is 33.0 Å². The predicted molar refractivity (Wildman–Crippen MR) is 95.0 cm³/mol. The van der Waals surface area contributed by atoms with Gasteiger partial charge in [-0.25, -0.2) is 0 Å². The monoisotopic (exact) mass is 387 g/mol. The molecule has 0 aliphatic rings. The molecule has 0 spiro atoms. The zero-order valence-electron chi connectivity index (χ0n) is 14.7. The van der Waals surface area contributed by atoms with Crippen LogP contribution in [0.4, 0.5) is 0 Å². The van der Waals surface area contributed by atoms with Crippen LogP contribution in [0, 0.1) is 6.92 Å². The van der Waals surface area contributed by atoms with E-state index in [2.05, 4.69) is 11.9 Å². The lowest BCUT2D eigenvalue weighted by atomic mass is 10.0. The van der Waals surface area contributed by atoms with Crippen molar-refractivity contribution in [3.63, 3.8) is 0 Å². The molecule has 0 unspecified atom stereocenters. The standard InChI is InChI=1S/C17H25NO7S/c1-3-16(21)18-17(11-19,12-20)13-24-9-4-10-25-26(22,23)15-7-5-14(2)6-8-15/h3,5-8,19-20H,1,4,9-13H2,2H3,(H,18,21). The molecule has 26 heavy (non-hydrogen) atoms. The number of carbonyl (C=O) groups excluding carboxylic acids is 1. The molecular formula is C17H25NO7S. The van der Waals surface area contributed by atoms with E-state index in [1.54, 1.807) is 12.1 Å². The summed E-state index contributed by atoms with van der Waals surface area (Å²) in [6.07, 6.45) is 1.29. The average Bonchev–Trinajstić information content (AvgIpc) is 2.63. The van der Waals surface area contributed by atoms with Crippen molar-refractivity contribution in [2.45, 2.75) is 23.8 Å². The van der Waals surface area contributed by atoms with Crippen LogP contribution in [0.1, 0.15) is 12.0 Å². The second-order valence-corrected chi connectivity index (χ2v) is 7.40. The lowest BCUT2D eigenvalue weighted by molar-refractivity contribution is -0.121. The van der Waals surface area contributed by atoms with E-state index >= 15 is 0 Å². The van der Waals surface area contributed by atoms with E-state index in [1.165, 1.54) is 12.1 Å². The van der Waals surface area contributed by atoms with Gasteiger partial charge in [-0.3, -0.25) is 8.98 Å². The highest BCUT2D eigenvalue weighted by Crippen LogP contribution is 2.13. The number of carbonyl (C=O) groups is 1. The van der Waals surface area contributed by atoms with Gasteiger partial charge in [0, 0.05) is 6.61 Å². The smallest absolute Gasteiger partial charge is 0.296 e. The fourth-order valence-electron chi connectivity index (χ4n) is 1.94. The van der Waals surface area contributed by atoms with Gasteiger partial charge in [-0.05, 0) is 31.6 Å². The highest BCUT2D eigenvalue weighted by molar-refractivity contribution is 7.86. The molecule has 3 N–H and O–H groups in total. The molecule has 1 rings (SSSR count). The third-order valence-corrected chi connectivity index (χ3v) is 4.87. The number of nitrogens with one attached hydrogen (secondary N) is 1. The molecule has 146 valence electrons. The van der Waals surface area contributed by atoms with Crippen molar-refractivity contribution in [1.82, 2.24) is 5.32 Å². The van der Waals surface area contributed by atoms with Crippen LogP contribution in [-0.2, 0) is 23.8 Å². The molecule has 0 aliphatic carbocycles. The van der Waals surface area contributed by atoms with E-state index in [1.807, 2.05) is 6.92 Å². The first kappa shape index (κ1) is 22.3. The van der Waals surface area contributed by atoms with Crippen molar-refractivity contribution in [3.8, 4) is 0 Å². The minimum Gasteiger partial charge on any atom is -0.394 e. The maximum absolute atomic E-state index is 12.0. The summed E-state index contributed by atoms with van der Waals surface area (Å²) in [7, 11) is -3.82. The zero-order valence-corrected chi connectivity index (χ0v) is 15.5. The summed E-state index contributed by atoms with van der Waals surface area (Å²) in [5.41, 5.74) is -0.391. The number of hydrogen-bond donors (Lipinski definition) is 3. The van der Waals surface area contributed by atoms with Crippen molar-refractivity contribution >= 4 is 16.0 Å². The highest BCUT2D eigenvalue weighted by atomic mass is 32.2. The van der Waals surface area contributed by atoms with Gasteiger partial charge in [-0.1, -0.05) is 24.3 Å². The summed E-state index contributed by atoms with van der Waals surface area (Å²) in [5.74, 6) is -0.552. The van der Waals surface area contributed by atoms with E-state index in [-0.39, 0.29) is 31.1 Å². The van der Waals surface area contributed by atoms with Crippen molar-refractivity contribution in [1.29, 1.82) is 0 Å². The Bertz CT molecular complexity index is 682. The molecular weight excluding hydrogens is 362 g/mol. The number of amides is 1. The molecule has 0 radical (unpaired) electrons. The zero-order chi connectivity index (χ0) is 19.6. The van der Waals surface area contributed by atoms with E-state index in [4.69, 9.17) is 8.92 Å². The van der Waals surface area contributed by atoms with E-state index in [9.17, 15) is 23.4 Å². The number of aliphatic hydroxyl groups is 2. The normalized spacial score (nSPS) is 12.0. The maximum Gasteiger partial charge on any atom is 0.296 e. The molecule has 0 atom stereocenters. The van der Waals surface area contributed by atoms with Gasteiger partial charge in [0.15, 0.2) is 0 Å².